The molecule has 0 aromatic heterocycles. The molecule has 15 heavy (non-hydrogen) atoms. The molecule has 0 amide bonds. The van der Waals surface area contributed by atoms with Crippen LogP contribution >= 0.6 is 0 Å². The van der Waals surface area contributed by atoms with Crippen LogP contribution in [0, 0.1) is 0 Å². The molecule has 0 heterocycles. The van der Waals surface area contributed by atoms with Crippen molar-refractivity contribution >= 4 is 0 Å². The molecule has 0 aromatic rings. The maximum atomic E-state index is 3.60. The van der Waals surface area contributed by atoms with Crippen molar-refractivity contribution in [1.29, 1.82) is 0 Å². The van der Waals surface area contributed by atoms with Gasteiger partial charge in [0.2, 0.25) is 0 Å². The van der Waals surface area contributed by atoms with E-state index < -0.39 is 0 Å². The summed E-state index contributed by atoms with van der Waals surface area (Å²) in [7, 11) is 0. The first-order valence-electron chi connectivity index (χ1n) is 6.84. The molecule has 2 atom stereocenters. The van der Waals surface area contributed by atoms with Gasteiger partial charge in [-0.25, -0.2) is 0 Å². The third kappa shape index (κ3) is 2.94. The number of hydrogen-bond donors (Lipinski definition) is 1. The standard InChI is InChI=1S/C13H26N2/c1-3-9-15(12-7-8-12)13-6-5-11(10-13)14-4-2/h11-14H,3-10H2,1-2H3. The molecular weight excluding hydrogens is 184 g/mol. The first-order valence-corrected chi connectivity index (χ1v) is 6.84. The Hall–Kier alpha value is -0.0800. The van der Waals surface area contributed by atoms with Crippen molar-refractivity contribution in [3.8, 4) is 0 Å². The van der Waals surface area contributed by atoms with Crippen LogP contribution in [-0.2, 0) is 0 Å². The van der Waals surface area contributed by atoms with E-state index in [0.29, 0.717) is 0 Å². The highest BCUT2D eigenvalue weighted by Gasteiger charge is 2.36. The third-order valence-corrected chi connectivity index (χ3v) is 3.86. The lowest BCUT2D eigenvalue weighted by Crippen LogP contribution is -2.37. The first kappa shape index (κ1) is 11.4. The summed E-state index contributed by atoms with van der Waals surface area (Å²) in [5, 5.41) is 3.60. The van der Waals surface area contributed by atoms with Crippen LogP contribution in [0.25, 0.3) is 0 Å². The predicted octanol–water partition coefficient (Wildman–Crippen LogP) is 2.39. The van der Waals surface area contributed by atoms with E-state index in [4.69, 9.17) is 0 Å². The van der Waals surface area contributed by atoms with Gasteiger partial charge in [-0.05, 0) is 51.6 Å². The number of nitrogens with one attached hydrogen (secondary N) is 1. The van der Waals surface area contributed by atoms with Crippen LogP contribution in [0.5, 0.6) is 0 Å². The molecule has 0 radical (unpaired) electrons. The first-order chi connectivity index (χ1) is 7.35. The molecule has 0 saturated heterocycles. The van der Waals surface area contributed by atoms with Gasteiger partial charge in [0.15, 0.2) is 0 Å². The molecule has 2 rings (SSSR count). The van der Waals surface area contributed by atoms with Gasteiger partial charge in [-0.1, -0.05) is 13.8 Å². The van der Waals surface area contributed by atoms with Crippen molar-refractivity contribution in [1.82, 2.24) is 10.2 Å². The minimum absolute atomic E-state index is 0.804. The molecule has 2 unspecified atom stereocenters. The van der Waals surface area contributed by atoms with E-state index in [1.807, 2.05) is 0 Å². The van der Waals surface area contributed by atoms with Gasteiger partial charge >= 0.3 is 0 Å². The molecule has 0 bridgehead atoms. The van der Waals surface area contributed by atoms with Crippen molar-refractivity contribution in [2.45, 2.75) is 70.5 Å². The Labute approximate surface area is 94.4 Å². The average molecular weight is 210 g/mol. The fraction of sp³-hybridized carbons (Fsp3) is 1.00. The molecule has 2 aliphatic rings. The minimum atomic E-state index is 0.804. The number of nitrogens with zero attached hydrogens (tertiary/aromatic N) is 1. The van der Waals surface area contributed by atoms with E-state index in [-0.39, 0.29) is 0 Å². The molecule has 0 aliphatic heterocycles. The maximum absolute atomic E-state index is 3.60. The molecule has 2 fully saturated rings. The number of rotatable bonds is 6. The second-order valence-electron chi connectivity index (χ2n) is 5.19. The molecule has 2 aliphatic carbocycles. The zero-order valence-corrected chi connectivity index (χ0v) is 10.3. The zero-order valence-electron chi connectivity index (χ0n) is 10.3. The van der Waals surface area contributed by atoms with Gasteiger partial charge in [0.05, 0.1) is 0 Å². The molecule has 88 valence electrons. The van der Waals surface area contributed by atoms with E-state index in [0.717, 1.165) is 24.7 Å². The summed E-state index contributed by atoms with van der Waals surface area (Å²) in [5.74, 6) is 0. The van der Waals surface area contributed by atoms with Crippen molar-refractivity contribution < 1.29 is 0 Å². The minimum Gasteiger partial charge on any atom is -0.314 e. The summed E-state index contributed by atoms with van der Waals surface area (Å²) in [6.07, 6.45) is 8.45. The van der Waals surface area contributed by atoms with E-state index in [2.05, 4.69) is 24.1 Å². The smallest absolute Gasteiger partial charge is 0.0114 e. The fourth-order valence-corrected chi connectivity index (χ4v) is 3.06. The van der Waals surface area contributed by atoms with Crippen molar-refractivity contribution in [2.75, 3.05) is 13.1 Å². The largest absolute Gasteiger partial charge is 0.314 e. The molecular formula is C13H26N2. The summed E-state index contributed by atoms with van der Waals surface area (Å²) >= 11 is 0. The monoisotopic (exact) mass is 210 g/mol. The highest BCUT2D eigenvalue weighted by molar-refractivity contribution is 4.93. The Morgan fingerprint density at radius 3 is 2.40 bits per heavy atom. The second kappa shape index (κ2) is 5.31. The van der Waals surface area contributed by atoms with Gasteiger partial charge in [-0.3, -0.25) is 4.90 Å². The molecule has 0 spiro atoms. The summed E-state index contributed by atoms with van der Waals surface area (Å²) in [6.45, 7) is 6.99. The van der Waals surface area contributed by atoms with Crippen LogP contribution in [0.15, 0.2) is 0 Å². The molecule has 2 nitrogen and oxygen atoms in total. The van der Waals surface area contributed by atoms with Gasteiger partial charge in [-0.15, -0.1) is 0 Å². The summed E-state index contributed by atoms with van der Waals surface area (Å²) in [6, 6.07) is 2.65. The lowest BCUT2D eigenvalue weighted by atomic mass is 10.2. The normalized spacial score (nSPS) is 31.4. The van der Waals surface area contributed by atoms with Crippen LogP contribution in [0.4, 0.5) is 0 Å². The van der Waals surface area contributed by atoms with Gasteiger partial charge in [0, 0.05) is 18.1 Å². The highest BCUT2D eigenvalue weighted by Crippen LogP contribution is 2.34. The summed E-state index contributed by atoms with van der Waals surface area (Å²) < 4.78 is 0. The van der Waals surface area contributed by atoms with Gasteiger partial charge in [0.25, 0.3) is 0 Å². The summed E-state index contributed by atoms with van der Waals surface area (Å²) in [5.41, 5.74) is 0. The highest BCUT2D eigenvalue weighted by atomic mass is 15.2. The lowest BCUT2D eigenvalue weighted by molar-refractivity contribution is 0.186. The quantitative estimate of drug-likeness (QED) is 0.724. The Morgan fingerprint density at radius 2 is 1.80 bits per heavy atom. The van der Waals surface area contributed by atoms with Crippen LogP contribution in [-0.4, -0.2) is 36.1 Å². The third-order valence-electron chi connectivity index (χ3n) is 3.86. The Kier molecular flexibility index (Phi) is 4.04. The van der Waals surface area contributed by atoms with E-state index >= 15 is 0 Å². The van der Waals surface area contributed by atoms with Crippen LogP contribution < -0.4 is 5.32 Å². The molecule has 2 saturated carbocycles. The molecule has 0 aromatic carbocycles. The fourth-order valence-electron chi connectivity index (χ4n) is 3.06. The van der Waals surface area contributed by atoms with E-state index in [9.17, 15) is 0 Å². The predicted molar refractivity (Wildman–Crippen MR) is 65.1 cm³/mol. The Morgan fingerprint density at radius 1 is 1.07 bits per heavy atom. The maximum Gasteiger partial charge on any atom is 0.0114 e. The van der Waals surface area contributed by atoms with Gasteiger partial charge < -0.3 is 5.32 Å². The molecule has 2 heteroatoms. The number of hydrogen-bond acceptors (Lipinski definition) is 2. The van der Waals surface area contributed by atoms with Gasteiger partial charge in [-0.2, -0.15) is 0 Å². The second-order valence-corrected chi connectivity index (χ2v) is 5.19. The van der Waals surface area contributed by atoms with Crippen LogP contribution in [0.3, 0.4) is 0 Å². The van der Waals surface area contributed by atoms with E-state index in [1.54, 1.807) is 0 Å². The van der Waals surface area contributed by atoms with Crippen molar-refractivity contribution in [3.05, 3.63) is 0 Å². The van der Waals surface area contributed by atoms with Crippen molar-refractivity contribution in [2.24, 2.45) is 0 Å². The summed E-state index contributed by atoms with van der Waals surface area (Å²) in [4.78, 5) is 2.80. The van der Waals surface area contributed by atoms with Gasteiger partial charge in [0.1, 0.15) is 0 Å². The lowest BCUT2D eigenvalue weighted by Gasteiger charge is -2.28. The van der Waals surface area contributed by atoms with Crippen LogP contribution in [0.1, 0.15) is 52.4 Å². The Bertz CT molecular complexity index is 189. The molecule has 1 N–H and O–H groups in total. The van der Waals surface area contributed by atoms with E-state index in [1.165, 1.54) is 45.1 Å². The Balaban J connectivity index is 1.81. The zero-order chi connectivity index (χ0) is 10.7. The van der Waals surface area contributed by atoms with Crippen molar-refractivity contribution in [3.63, 3.8) is 0 Å². The average Bonchev–Trinajstić information content (AvgIpc) is 2.96. The SMILES string of the molecule is CCCN(C1CC1)C1CCC(NCC)C1. The topological polar surface area (TPSA) is 15.3 Å². The van der Waals surface area contributed by atoms with Crippen LogP contribution in [0.2, 0.25) is 0 Å².